The molecule has 3 atom stereocenters. The van der Waals surface area contributed by atoms with Gasteiger partial charge in [0.05, 0.1) is 0 Å². The number of hydrogen-bond acceptors (Lipinski definition) is 4. The van der Waals surface area contributed by atoms with Crippen LogP contribution in [0.2, 0.25) is 0 Å². The molecule has 0 spiro atoms. The summed E-state index contributed by atoms with van der Waals surface area (Å²) in [6, 6.07) is 0.104. The van der Waals surface area contributed by atoms with Crippen LogP contribution in [0.25, 0.3) is 0 Å². The number of piperidine rings is 1. The lowest BCUT2D eigenvalue weighted by Gasteiger charge is -2.33. The van der Waals surface area contributed by atoms with E-state index < -0.39 is 5.60 Å². The third-order valence-corrected chi connectivity index (χ3v) is 5.25. The van der Waals surface area contributed by atoms with Crippen LogP contribution < -0.4 is 5.32 Å². The van der Waals surface area contributed by atoms with Crippen LogP contribution in [0.1, 0.15) is 33.1 Å². The Morgan fingerprint density at radius 1 is 1.63 bits per heavy atom. The first-order valence-electron chi connectivity index (χ1n) is 7.33. The first-order valence-corrected chi connectivity index (χ1v) is 8.48. The van der Waals surface area contributed by atoms with Crippen LogP contribution in [0.5, 0.6) is 0 Å². The van der Waals surface area contributed by atoms with Gasteiger partial charge in [0.2, 0.25) is 0 Å². The molecule has 0 saturated carbocycles. The molecule has 2 aliphatic heterocycles. The highest BCUT2D eigenvalue weighted by Crippen LogP contribution is 2.28. The van der Waals surface area contributed by atoms with E-state index in [-0.39, 0.29) is 11.9 Å². The van der Waals surface area contributed by atoms with E-state index in [2.05, 4.69) is 17.1 Å². The van der Waals surface area contributed by atoms with E-state index in [0.29, 0.717) is 12.2 Å². The van der Waals surface area contributed by atoms with Crippen LogP contribution >= 0.6 is 11.8 Å². The minimum atomic E-state index is -1.13. The molecule has 0 aromatic carbocycles. The quantitative estimate of drug-likeness (QED) is 0.812. The number of likely N-dealkylation sites (tertiary alicyclic amines) is 1. The highest BCUT2D eigenvalue weighted by molar-refractivity contribution is 7.99. The zero-order chi connectivity index (χ0) is 13.9. The van der Waals surface area contributed by atoms with Crippen LogP contribution in [-0.2, 0) is 4.79 Å². The van der Waals surface area contributed by atoms with Gasteiger partial charge in [-0.25, -0.2) is 0 Å². The van der Waals surface area contributed by atoms with Crippen LogP contribution in [-0.4, -0.2) is 58.7 Å². The average Bonchev–Trinajstić information content (AvgIpc) is 2.77. The molecule has 4 nitrogen and oxygen atoms in total. The number of aliphatic hydroxyl groups is 1. The highest BCUT2D eigenvalue weighted by atomic mass is 32.2. The molecule has 0 aromatic heterocycles. The van der Waals surface area contributed by atoms with E-state index in [1.54, 1.807) is 11.8 Å². The summed E-state index contributed by atoms with van der Waals surface area (Å²) in [5, 5.41) is 13.2. The lowest BCUT2D eigenvalue weighted by atomic mass is 9.99. The Bertz CT molecular complexity index is 319. The lowest BCUT2D eigenvalue weighted by Crippen LogP contribution is -2.53. The monoisotopic (exact) mass is 286 g/mol. The van der Waals surface area contributed by atoms with Crippen molar-refractivity contribution in [1.82, 2.24) is 10.2 Å². The summed E-state index contributed by atoms with van der Waals surface area (Å²) in [5.41, 5.74) is -1.13. The van der Waals surface area contributed by atoms with Crippen molar-refractivity contribution < 1.29 is 9.90 Å². The van der Waals surface area contributed by atoms with E-state index in [9.17, 15) is 9.90 Å². The summed E-state index contributed by atoms with van der Waals surface area (Å²) in [4.78, 5) is 14.5. The van der Waals surface area contributed by atoms with E-state index in [1.807, 2.05) is 6.92 Å². The van der Waals surface area contributed by atoms with Crippen molar-refractivity contribution in [3.05, 3.63) is 0 Å². The molecule has 0 aromatic rings. The average molecular weight is 286 g/mol. The number of nitrogens with one attached hydrogen (secondary N) is 1. The van der Waals surface area contributed by atoms with Crippen LogP contribution in [0.15, 0.2) is 0 Å². The van der Waals surface area contributed by atoms with Crippen molar-refractivity contribution in [1.29, 1.82) is 0 Å². The van der Waals surface area contributed by atoms with Gasteiger partial charge in [0, 0.05) is 24.9 Å². The summed E-state index contributed by atoms with van der Waals surface area (Å²) in [6.45, 7) is 7.46. The Morgan fingerprint density at radius 3 is 3.05 bits per heavy atom. The van der Waals surface area contributed by atoms with Gasteiger partial charge in [-0.3, -0.25) is 4.79 Å². The van der Waals surface area contributed by atoms with Gasteiger partial charge < -0.3 is 15.3 Å². The van der Waals surface area contributed by atoms with Crippen molar-refractivity contribution in [3.8, 4) is 0 Å². The Labute approximate surface area is 120 Å². The number of carbonyl (C=O) groups excluding carboxylic acids is 1. The molecule has 0 bridgehead atoms. The number of thioether (sulfide) groups is 1. The van der Waals surface area contributed by atoms with Gasteiger partial charge in [-0.05, 0) is 44.4 Å². The van der Waals surface area contributed by atoms with Crippen molar-refractivity contribution in [2.75, 3.05) is 31.1 Å². The van der Waals surface area contributed by atoms with Gasteiger partial charge >= 0.3 is 0 Å². The van der Waals surface area contributed by atoms with Gasteiger partial charge in [-0.2, -0.15) is 11.8 Å². The summed E-state index contributed by atoms with van der Waals surface area (Å²) in [5.74, 6) is 1.98. The van der Waals surface area contributed by atoms with E-state index in [4.69, 9.17) is 0 Å². The van der Waals surface area contributed by atoms with Gasteiger partial charge in [0.25, 0.3) is 5.91 Å². The molecule has 0 aliphatic carbocycles. The standard InChI is InChI=1S/C14H26N2O2S/c1-11-4-3-6-16(8-11)9-12(2)15-13(17)14(18)5-7-19-10-14/h11-12,18H,3-10H2,1-2H3,(H,15,17). The SMILES string of the molecule is CC1CCCN(CC(C)NC(=O)C2(O)CCSC2)C1. The minimum Gasteiger partial charge on any atom is -0.379 e. The predicted octanol–water partition coefficient (Wildman–Crippen LogP) is 1.09. The smallest absolute Gasteiger partial charge is 0.253 e. The third-order valence-electron chi connectivity index (χ3n) is 4.07. The Morgan fingerprint density at radius 2 is 2.42 bits per heavy atom. The molecule has 2 N–H and O–H groups in total. The van der Waals surface area contributed by atoms with E-state index >= 15 is 0 Å². The number of hydrogen-bond donors (Lipinski definition) is 2. The fourth-order valence-corrected chi connectivity index (χ4v) is 4.22. The molecule has 5 heteroatoms. The molecule has 2 saturated heterocycles. The zero-order valence-corrected chi connectivity index (χ0v) is 12.8. The number of rotatable bonds is 4. The van der Waals surface area contributed by atoms with Gasteiger partial charge in [0.1, 0.15) is 0 Å². The van der Waals surface area contributed by atoms with Crippen molar-refractivity contribution >= 4 is 17.7 Å². The predicted molar refractivity (Wildman–Crippen MR) is 79.3 cm³/mol. The first kappa shape index (κ1) is 15.1. The maximum Gasteiger partial charge on any atom is 0.253 e. The molecule has 2 heterocycles. The molecule has 2 aliphatic rings. The van der Waals surface area contributed by atoms with Crippen LogP contribution in [0.4, 0.5) is 0 Å². The van der Waals surface area contributed by atoms with Crippen LogP contribution in [0, 0.1) is 5.92 Å². The van der Waals surface area contributed by atoms with E-state index in [0.717, 1.165) is 31.3 Å². The maximum atomic E-state index is 12.1. The second-order valence-corrected chi connectivity index (χ2v) is 7.32. The zero-order valence-electron chi connectivity index (χ0n) is 12.0. The molecule has 19 heavy (non-hydrogen) atoms. The Balaban J connectivity index is 1.77. The Kier molecular flexibility index (Phi) is 5.15. The maximum absolute atomic E-state index is 12.1. The number of amides is 1. The molecule has 1 amide bonds. The molecular weight excluding hydrogens is 260 g/mol. The highest BCUT2D eigenvalue weighted by Gasteiger charge is 2.39. The van der Waals surface area contributed by atoms with Gasteiger partial charge in [-0.15, -0.1) is 0 Å². The summed E-state index contributed by atoms with van der Waals surface area (Å²) in [7, 11) is 0. The number of carbonyl (C=O) groups is 1. The first-order chi connectivity index (χ1) is 8.99. The molecule has 2 fully saturated rings. The molecular formula is C14H26N2O2S. The largest absolute Gasteiger partial charge is 0.379 e. The molecule has 2 rings (SSSR count). The summed E-state index contributed by atoms with van der Waals surface area (Å²) < 4.78 is 0. The van der Waals surface area contributed by atoms with Crippen molar-refractivity contribution in [3.63, 3.8) is 0 Å². The normalized spacial score (nSPS) is 34.2. The topological polar surface area (TPSA) is 52.6 Å². The van der Waals surface area contributed by atoms with Crippen molar-refractivity contribution in [2.24, 2.45) is 5.92 Å². The molecule has 110 valence electrons. The Hall–Kier alpha value is -0.260. The second kappa shape index (κ2) is 6.46. The third kappa shape index (κ3) is 4.10. The van der Waals surface area contributed by atoms with Gasteiger partial charge in [0.15, 0.2) is 5.60 Å². The molecule has 3 unspecified atom stereocenters. The van der Waals surface area contributed by atoms with Crippen molar-refractivity contribution in [2.45, 2.75) is 44.8 Å². The van der Waals surface area contributed by atoms with Crippen LogP contribution in [0.3, 0.4) is 0 Å². The van der Waals surface area contributed by atoms with E-state index in [1.165, 1.54) is 12.8 Å². The van der Waals surface area contributed by atoms with Gasteiger partial charge in [-0.1, -0.05) is 6.92 Å². The molecule has 0 radical (unpaired) electrons. The summed E-state index contributed by atoms with van der Waals surface area (Å²) >= 11 is 1.65. The fraction of sp³-hybridized carbons (Fsp3) is 0.929. The fourth-order valence-electron chi connectivity index (χ4n) is 2.98. The minimum absolute atomic E-state index is 0.104. The summed E-state index contributed by atoms with van der Waals surface area (Å²) in [6.07, 6.45) is 3.15. The number of nitrogens with zero attached hydrogens (tertiary/aromatic N) is 1. The second-order valence-electron chi connectivity index (χ2n) is 6.22. The lowest BCUT2D eigenvalue weighted by molar-refractivity contribution is -0.138.